The zero-order chi connectivity index (χ0) is 21.8. The molecule has 0 bridgehead atoms. The molecule has 3 aromatic heterocycles. The van der Waals surface area contributed by atoms with E-state index in [-0.39, 0.29) is 17.9 Å². The van der Waals surface area contributed by atoms with Gasteiger partial charge in [0.05, 0.1) is 11.6 Å². The Balaban J connectivity index is 1.39. The lowest BCUT2D eigenvalue weighted by atomic mass is 9.85. The van der Waals surface area contributed by atoms with Gasteiger partial charge in [-0.3, -0.25) is 4.79 Å². The van der Waals surface area contributed by atoms with Crippen molar-refractivity contribution < 1.29 is 13.6 Å². The molecule has 3 heterocycles. The highest BCUT2D eigenvalue weighted by molar-refractivity contribution is 7.14. The fourth-order valence-corrected chi connectivity index (χ4v) is 4.48. The smallest absolute Gasteiger partial charge is 0.228 e. The van der Waals surface area contributed by atoms with Gasteiger partial charge < -0.3 is 10.6 Å². The number of halogens is 2. The van der Waals surface area contributed by atoms with Gasteiger partial charge in [-0.2, -0.15) is 0 Å². The van der Waals surface area contributed by atoms with Gasteiger partial charge in [-0.05, 0) is 44.7 Å². The number of alkyl halides is 2. The van der Waals surface area contributed by atoms with Crippen molar-refractivity contribution in [3.05, 3.63) is 29.4 Å². The van der Waals surface area contributed by atoms with Crippen LogP contribution in [0.1, 0.15) is 30.7 Å². The molecule has 0 spiro atoms. The maximum Gasteiger partial charge on any atom is 0.228 e. The van der Waals surface area contributed by atoms with Crippen LogP contribution in [0.3, 0.4) is 0 Å². The fraction of sp³-hybridized carbons (Fsp3) is 0.476. The molecule has 7 nitrogen and oxygen atoms in total. The number of hydrogen-bond donors (Lipinski definition) is 2. The van der Waals surface area contributed by atoms with Crippen molar-refractivity contribution in [1.29, 1.82) is 0 Å². The minimum atomic E-state index is -0.751. The van der Waals surface area contributed by atoms with Crippen molar-refractivity contribution >= 4 is 34.0 Å². The second kappa shape index (κ2) is 9.69. The van der Waals surface area contributed by atoms with Gasteiger partial charge in [-0.25, -0.2) is 18.7 Å². The molecule has 0 radical (unpaired) electrons. The van der Waals surface area contributed by atoms with E-state index in [1.807, 2.05) is 19.1 Å². The van der Waals surface area contributed by atoms with Gasteiger partial charge >= 0.3 is 0 Å². The largest absolute Gasteiger partial charge is 0.310 e. The number of aryl methyl sites for hydroxylation is 1. The Bertz CT molecular complexity index is 1050. The van der Waals surface area contributed by atoms with Gasteiger partial charge in [0.1, 0.15) is 29.9 Å². The van der Waals surface area contributed by atoms with Crippen molar-refractivity contribution in [2.45, 2.75) is 44.7 Å². The van der Waals surface area contributed by atoms with Crippen LogP contribution in [0.25, 0.3) is 21.6 Å². The summed E-state index contributed by atoms with van der Waals surface area (Å²) >= 11 is 1.47. The van der Waals surface area contributed by atoms with Gasteiger partial charge in [0.25, 0.3) is 0 Å². The van der Waals surface area contributed by atoms with E-state index in [4.69, 9.17) is 0 Å². The standard InChI is InChI=1S/C21H24F2N6OS/c1-12-28-29-21(31-12)17-7-4-14-11-24-19(8-18(14)26-17)27-20(30)13-2-5-15(6-3-13)25-16(9-22)10-23/h4,7-8,11,13,15-16,25H,2-3,5-6,9-10H2,1H3,(H,24,27,30). The average Bonchev–Trinajstić information content (AvgIpc) is 3.23. The van der Waals surface area contributed by atoms with Crippen molar-refractivity contribution in [1.82, 2.24) is 25.5 Å². The fourth-order valence-electron chi connectivity index (χ4n) is 3.82. The van der Waals surface area contributed by atoms with Crippen LogP contribution < -0.4 is 10.6 Å². The molecular weight excluding hydrogens is 422 g/mol. The zero-order valence-corrected chi connectivity index (χ0v) is 18.0. The van der Waals surface area contributed by atoms with Crippen LogP contribution in [0.15, 0.2) is 24.4 Å². The highest BCUT2D eigenvalue weighted by Crippen LogP contribution is 2.27. The van der Waals surface area contributed by atoms with E-state index in [0.29, 0.717) is 37.0 Å². The first-order valence-electron chi connectivity index (χ1n) is 10.3. The van der Waals surface area contributed by atoms with Crippen LogP contribution >= 0.6 is 11.3 Å². The lowest BCUT2D eigenvalue weighted by molar-refractivity contribution is -0.120. The first-order chi connectivity index (χ1) is 15.1. The Morgan fingerprint density at radius 1 is 1.19 bits per heavy atom. The van der Waals surface area contributed by atoms with E-state index in [9.17, 15) is 13.6 Å². The molecule has 1 saturated carbocycles. The Kier molecular flexibility index (Phi) is 6.77. The minimum Gasteiger partial charge on any atom is -0.310 e. The van der Waals surface area contributed by atoms with Crippen molar-refractivity contribution in [2.24, 2.45) is 5.92 Å². The predicted octanol–water partition coefficient (Wildman–Crippen LogP) is 3.85. The van der Waals surface area contributed by atoms with Crippen molar-refractivity contribution in [3.63, 3.8) is 0 Å². The summed E-state index contributed by atoms with van der Waals surface area (Å²) in [6, 6.07) is 4.85. The molecule has 0 atom stereocenters. The Morgan fingerprint density at radius 3 is 2.65 bits per heavy atom. The van der Waals surface area contributed by atoms with Gasteiger partial charge in [-0.1, -0.05) is 11.3 Å². The number of carbonyl (C=O) groups excluding carboxylic acids is 1. The first kappa shape index (κ1) is 21.6. The lowest BCUT2D eigenvalue weighted by Gasteiger charge is -2.30. The molecule has 1 amide bonds. The molecule has 1 aliphatic rings. The molecule has 3 aromatic rings. The monoisotopic (exact) mass is 446 g/mol. The summed E-state index contributed by atoms with van der Waals surface area (Å²) in [5, 5.41) is 16.5. The van der Waals surface area contributed by atoms with Gasteiger partial charge in [0.2, 0.25) is 5.91 Å². The highest BCUT2D eigenvalue weighted by atomic mass is 32.1. The SMILES string of the molecule is Cc1nnc(-c2ccc3cnc(NC(=O)C4CCC(NC(CF)CF)CC4)cc3n2)s1. The number of nitrogens with zero attached hydrogens (tertiary/aromatic N) is 4. The van der Waals surface area contributed by atoms with Crippen LogP contribution in [0.5, 0.6) is 0 Å². The number of amides is 1. The molecule has 4 rings (SSSR count). The number of nitrogens with one attached hydrogen (secondary N) is 2. The second-order valence-electron chi connectivity index (χ2n) is 7.79. The predicted molar refractivity (Wildman–Crippen MR) is 116 cm³/mol. The third kappa shape index (κ3) is 5.19. The summed E-state index contributed by atoms with van der Waals surface area (Å²) < 4.78 is 25.4. The maximum absolute atomic E-state index is 12.7. The zero-order valence-electron chi connectivity index (χ0n) is 17.1. The molecule has 10 heteroatoms. The number of rotatable bonds is 7. The lowest BCUT2D eigenvalue weighted by Crippen LogP contribution is -2.44. The molecule has 0 aliphatic heterocycles. The number of fused-ring (bicyclic) bond motifs is 1. The summed E-state index contributed by atoms with van der Waals surface area (Å²) in [6.45, 7) is 0.446. The van der Waals surface area contributed by atoms with E-state index in [1.165, 1.54) is 11.3 Å². The third-order valence-corrected chi connectivity index (χ3v) is 6.37. The summed E-state index contributed by atoms with van der Waals surface area (Å²) in [4.78, 5) is 21.7. The molecular formula is C21H24F2N6OS. The van der Waals surface area contributed by atoms with Gasteiger partial charge in [-0.15, -0.1) is 10.2 Å². The molecule has 0 unspecified atom stereocenters. The summed E-state index contributed by atoms with van der Waals surface area (Å²) in [6.07, 6.45) is 4.45. The normalized spacial score (nSPS) is 19.1. The van der Waals surface area contributed by atoms with Gasteiger partial charge in [0, 0.05) is 29.6 Å². The van der Waals surface area contributed by atoms with Crippen LogP contribution in [-0.2, 0) is 4.79 Å². The molecule has 2 N–H and O–H groups in total. The van der Waals surface area contributed by atoms with E-state index < -0.39 is 19.4 Å². The summed E-state index contributed by atoms with van der Waals surface area (Å²) in [5.74, 6) is 0.216. The molecule has 1 fully saturated rings. The first-order valence-corrected chi connectivity index (χ1v) is 11.1. The van der Waals surface area contributed by atoms with Crippen LogP contribution in [0, 0.1) is 12.8 Å². The molecule has 31 heavy (non-hydrogen) atoms. The minimum absolute atomic E-state index is 0.0472. The van der Waals surface area contributed by atoms with E-state index >= 15 is 0 Å². The van der Waals surface area contributed by atoms with Gasteiger partial charge in [0.15, 0.2) is 5.01 Å². The molecule has 0 saturated heterocycles. The Hall–Kier alpha value is -2.59. The molecule has 164 valence electrons. The molecule has 1 aliphatic carbocycles. The van der Waals surface area contributed by atoms with Crippen LogP contribution in [-0.4, -0.2) is 51.5 Å². The topological polar surface area (TPSA) is 92.7 Å². The number of anilines is 1. The number of hydrogen-bond acceptors (Lipinski definition) is 7. The number of pyridine rings is 2. The Morgan fingerprint density at radius 2 is 1.97 bits per heavy atom. The van der Waals surface area contributed by atoms with E-state index in [0.717, 1.165) is 21.1 Å². The average molecular weight is 447 g/mol. The molecule has 0 aromatic carbocycles. The number of aromatic nitrogens is 4. The quantitative estimate of drug-likeness (QED) is 0.573. The maximum atomic E-state index is 12.7. The van der Waals surface area contributed by atoms with E-state index in [1.54, 1.807) is 12.3 Å². The van der Waals surface area contributed by atoms with Crippen molar-refractivity contribution in [2.75, 3.05) is 18.7 Å². The van der Waals surface area contributed by atoms with Crippen LogP contribution in [0.2, 0.25) is 0 Å². The highest BCUT2D eigenvalue weighted by Gasteiger charge is 2.27. The van der Waals surface area contributed by atoms with Crippen LogP contribution in [0.4, 0.5) is 14.6 Å². The van der Waals surface area contributed by atoms with E-state index in [2.05, 4.69) is 30.8 Å². The second-order valence-corrected chi connectivity index (χ2v) is 8.98. The number of carbonyl (C=O) groups is 1. The summed E-state index contributed by atoms with van der Waals surface area (Å²) in [7, 11) is 0. The third-order valence-electron chi connectivity index (χ3n) is 5.51. The van der Waals surface area contributed by atoms with Crippen molar-refractivity contribution in [3.8, 4) is 10.7 Å². The Labute approximate surface area is 182 Å². The summed E-state index contributed by atoms with van der Waals surface area (Å²) in [5.41, 5.74) is 1.44.